The van der Waals surface area contributed by atoms with Gasteiger partial charge < -0.3 is 10.5 Å². The lowest BCUT2D eigenvalue weighted by Crippen LogP contribution is -2.24. The first kappa shape index (κ1) is 13.5. The summed E-state index contributed by atoms with van der Waals surface area (Å²) >= 11 is 0. The van der Waals surface area contributed by atoms with E-state index in [1.807, 2.05) is 25.1 Å². The molecule has 0 saturated heterocycles. The molecule has 0 atom stereocenters. The molecule has 0 spiro atoms. The first-order chi connectivity index (χ1) is 9.93. The molecule has 2 aromatic rings. The van der Waals surface area contributed by atoms with Gasteiger partial charge in [-0.1, -0.05) is 18.2 Å². The first-order valence-electron chi connectivity index (χ1n) is 7.03. The van der Waals surface area contributed by atoms with Crippen molar-refractivity contribution in [3.05, 3.63) is 47.0 Å². The van der Waals surface area contributed by atoms with Crippen LogP contribution in [0.2, 0.25) is 0 Å². The number of nitrogens with zero attached hydrogens (tertiary/aromatic N) is 1. The van der Waals surface area contributed by atoms with Crippen LogP contribution in [0.3, 0.4) is 0 Å². The maximum atomic E-state index is 9.29. The summed E-state index contributed by atoms with van der Waals surface area (Å²) in [6.07, 6.45) is 0.865. The van der Waals surface area contributed by atoms with Crippen molar-refractivity contribution in [1.29, 1.82) is 5.26 Å². The summed E-state index contributed by atoms with van der Waals surface area (Å²) in [6, 6.07) is 12.1. The molecule has 0 aromatic heterocycles. The Hall–Kier alpha value is -2.47. The SMILES string of the molecule is Cc1c(-c2cccc3c2CC(C)(C)O3)ccc(N)c1C#N. The second-order valence-corrected chi connectivity index (χ2v) is 6.13. The fourth-order valence-electron chi connectivity index (χ4n) is 3.03. The Bertz CT molecular complexity index is 770. The molecular weight excluding hydrogens is 260 g/mol. The largest absolute Gasteiger partial charge is 0.487 e. The van der Waals surface area contributed by atoms with Crippen LogP contribution in [-0.2, 0) is 6.42 Å². The van der Waals surface area contributed by atoms with Gasteiger partial charge in [0.25, 0.3) is 0 Å². The van der Waals surface area contributed by atoms with Crippen molar-refractivity contribution in [2.24, 2.45) is 0 Å². The third-order valence-electron chi connectivity index (χ3n) is 4.02. The fourth-order valence-corrected chi connectivity index (χ4v) is 3.03. The van der Waals surface area contributed by atoms with Crippen molar-refractivity contribution in [2.45, 2.75) is 32.8 Å². The zero-order valence-corrected chi connectivity index (χ0v) is 12.5. The molecule has 0 bridgehead atoms. The summed E-state index contributed by atoms with van der Waals surface area (Å²) in [4.78, 5) is 0. The molecule has 3 nitrogen and oxygen atoms in total. The van der Waals surface area contributed by atoms with Gasteiger partial charge in [0.2, 0.25) is 0 Å². The molecule has 0 radical (unpaired) electrons. The van der Waals surface area contributed by atoms with E-state index >= 15 is 0 Å². The molecule has 1 aliphatic heterocycles. The lowest BCUT2D eigenvalue weighted by molar-refractivity contribution is 0.138. The van der Waals surface area contributed by atoms with E-state index in [0.717, 1.165) is 28.9 Å². The Morgan fingerprint density at radius 1 is 1.19 bits per heavy atom. The van der Waals surface area contributed by atoms with E-state index in [1.165, 1.54) is 5.56 Å². The highest BCUT2D eigenvalue weighted by Gasteiger charge is 2.32. The first-order valence-corrected chi connectivity index (χ1v) is 7.03. The van der Waals surface area contributed by atoms with Crippen LogP contribution in [0.4, 0.5) is 5.69 Å². The summed E-state index contributed by atoms with van der Waals surface area (Å²) in [5.41, 5.74) is 11.1. The number of fused-ring (bicyclic) bond motifs is 1. The van der Waals surface area contributed by atoms with Crippen molar-refractivity contribution in [1.82, 2.24) is 0 Å². The predicted molar refractivity (Wildman–Crippen MR) is 84.2 cm³/mol. The van der Waals surface area contributed by atoms with E-state index in [4.69, 9.17) is 10.5 Å². The average Bonchev–Trinajstić information content (AvgIpc) is 2.73. The molecular formula is C18H18N2O. The van der Waals surface area contributed by atoms with E-state index in [0.29, 0.717) is 11.3 Å². The van der Waals surface area contributed by atoms with Crippen LogP contribution in [0.1, 0.15) is 30.5 Å². The highest BCUT2D eigenvalue weighted by atomic mass is 16.5. The zero-order valence-electron chi connectivity index (χ0n) is 12.5. The minimum absolute atomic E-state index is 0.182. The van der Waals surface area contributed by atoms with Gasteiger partial charge in [0.15, 0.2) is 0 Å². The minimum atomic E-state index is -0.182. The van der Waals surface area contributed by atoms with E-state index in [2.05, 4.69) is 26.0 Å². The van der Waals surface area contributed by atoms with Crippen LogP contribution in [-0.4, -0.2) is 5.60 Å². The predicted octanol–water partition coefficient (Wildman–Crippen LogP) is 3.83. The Morgan fingerprint density at radius 2 is 1.95 bits per heavy atom. The average molecular weight is 278 g/mol. The topological polar surface area (TPSA) is 59.0 Å². The van der Waals surface area contributed by atoms with Crippen molar-refractivity contribution in [3.63, 3.8) is 0 Å². The minimum Gasteiger partial charge on any atom is -0.487 e. The molecule has 21 heavy (non-hydrogen) atoms. The van der Waals surface area contributed by atoms with Crippen LogP contribution in [0.5, 0.6) is 5.75 Å². The van der Waals surface area contributed by atoms with Crippen molar-refractivity contribution in [2.75, 3.05) is 5.73 Å². The third-order valence-corrected chi connectivity index (χ3v) is 4.02. The molecule has 2 aromatic carbocycles. The van der Waals surface area contributed by atoms with Gasteiger partial charge in [-0.15, -0.1) is 0 Å². The molecule has 3 rings (SSSR count). The molecule has 0 unspecified atom stereocenters. The quantitative estimate of drug-likeness (QED) is 0.806. The number of hydrogen-bond donors (Lipinski definition) is 1. The Labute approximate surface area is 125 Å². The van der Waals surface area contributed by atoms with Crippen molar-refractivity contribution >= 4 is 5.69 Å². The van der Waals surface area contributed by atoms with Gasteiger partial charge >= 0.3 is 0 Å². The van der Waals surface area contributed by atoms with E-state index in [-0.39, 0.29) is 5.60 Å². The second kappa shape index (κ2) is 4.53. The molecule has 1 aliphatic rings. The van der Waals surface area contributed by atoms with Crippen LogP contribution >= 0.6 is 0 Å². The summed E-state index contributed by atoms with van der Waals surface area (Å²) in [7, 11) is 0. The van der Waals surface area contributed by atoms with Crippen molar-refractivity contribution in [3.8, 4) is 22.9 Å². The van der Waals surface area contributed by atoms with Gasteiger partial charge in [-0.3, -0.25) is 0 Å². The smallest absolute Gasteiger partial charge is 0.124 e. The molecule has 106 valence electrons. The van der Waals surface area contributed by atoms with Crippen LogP contribution in [0, 0.1) is 18.3 Å². The number of hydrogen-bond acceptors (Lipinski definition) is 3. The standard InChI is InChI=1S/C18H18N2O/c1-11-12(7-8-16(20)15(11)10-19)13-5-4-6-17-14(13)9-18(2,3)21-17/h4-8H,9,20H2,1-3H3. The van der Waals surface area contributed by atoms with Crippen LogP contribution in [0.25, 0.3) is 11.1 Å². The zero-order chi connectivity index (χ0) is 15.2. The molecule has 0 amide bonds. The lowest BCUT2D eigenvalue weighted by atomic mass is 9.89. The summed E-state index contributed by atoms with van der Waals surface area (Å²) in [5.74, 6) is 0.937. The molecule has 0 aliphatic carbocycles. The number of anilines is 1. The fraction of sp³-hybridized carbons (Fsp3) is 0.278. The Balaban J connectivity index is 2.21. The maximum absolute atomic E-state index is 9.29. The van der Waals surface area contributed by atoms with Gasteiger partial charge in [0.05, 0.1) is 5.56 Å². The lowest BCUT2D eigenvalue weighted by Gasteiger charge is -2.16. The molecule has 0 saturated carbocycles. The Morgan fingerprint density at radius 3 is 2.67 bits per heavy atom. The van der Waals surface area contributed by atoms with Crippen molar-refractivity contribution < 1.29 is 4.74 Å². The van der Waals surface area contributed by atoms with Gasteiger partial charge in [-0.25, -0.2) is 0 Å². The number of nitrogen functional groups attached to an aromatic ring is 1. The van der Waals surface area contributed by atoms with Gasteiger partial charge in [-0.05, 0) is 49.6 Å². The maximum Gasteiger partial charge on any atom is 0.124 e. The van der Waals surface area contributed by atoms with Gasteiger partial charge in [0, 0.05) is 17.7 Å². The van der Waals surface area contributed by atoms with Gasteiger partial charge in [-0.2, -0.15) is 5.26 Å². The van der Waals surface area contributed by atoms with E-state index < -0.39 is 0 Å². The van der Waals surface area contributed by atoms with Crippen LogP contribution < -0.4 is 10.5 Å². The number of nitriles is 1. The normalized spacial score (nSPS) is 15.1. The number of benzene rings is 2. The number of ether oxygens (including phenoxy) is 1. The number of rotatable bonds is 1. The molecule has 0 fully saturated rings. The third kappa shape index (κ3) is 2.13. The summed E-state index contributed by atoms with van der Waals surface area (Å²) < 4.78 is 5.99. The number of nitrogens with two attached hydrogens (primary N) is 1. The molecule has 3 heteroatoms. The van der Waals surface area contributed by atoms with Crippen LogP contribution in [0.15, 0.2) is 30.3 Å². The molecule has 1 heterocycles. The van der Waals surface area contributed by atoms with Gasteiger partial charge in [0.1, 0.15) is 17.4 Å². The second-order valence-electron chi connectivity index (χ2n) is 6.13. The van der Waals surface area contributed by atoms with E-state index in [1.54, 1.807) is 6.07 Å². The highest BCUT2D eigenvalue weighted by molar-refractivity contribution is 5.78. The summed E-state index contributed by atoms with van der Waals surface area (Å²) in [6.45, 7) is 6.13. The highest BCUT2D eigenvalue weighted by Crippen LogP contribution is 2.42. The Kier molecular flexibility index (Phi) is 2.91. The molecule has 2 N–H and O–H groups in total. The van der Waals surface area contributed by atoms with E-state index in [9.17, 15) is 5.26 Å². The summed E-state index contributed by atoms with van der Waals surface area (Å²) in [5, 5.41) is 9.29. The monoisotopic (exact) mass is 278 g/mol.